The molecular weight excluding hydrogens is 487 g/mol. The van der Waals surface area contributed by atoms with Crippen LogP contribution in [0.2, 0.25) is 0 Å². The van der Waals surface area contributed by atoms with E-state index in [4.69, 9.17) is 5.37 Å². The van der Waals surface area contributed by atoms with E-state index in [9.17, 15) is 9.59 Å². The maximum absolute atomic E-state index is 11.8. The molecular formula is C18H34O4Pb. The second kappa shape index (κ2) is 9.99. The van der Waals surface area contributed by atoms with E-state index < -0.39 is 25.1 Å². The van der Waals surface area contributed by atoms with Gasteiger partial charge >= 0.3 is 156 Å². The molecule has 0 bridgehead atoms. The van der Waals surface area contributed by atoms with Gasteiger partial charge in [0.25, 0.3) is 0 Å². The fourth-order valence-electron chi connectivity index (χ4n) is 3.00. The van der Waals surface area contributed by atoms with Gasteiger partial charge in [0, 0.05) is 0 Å². The Morgan fingerprint density at radius 2 is 1.09 bits per heavy atom. The van der Waals surface area contributed by atoms with E-state index in [0.717, 1.165) is 12.8 Å². The van der Waals surface area contributed by atoms with E-state index in [-0.39, 0.29) is 34.6 Å². The van der Waals surface area contributed by atoms with Gasteiger partial charge < -0.3 is 0 Å². The topological polar surface area (TPSA) is 52.6 Å². The van der Waals surface area contributed by atoms with Crippen LogP contribution in [0.5, 0.6) is 0 Å². The molecule has 134 valence electrons. The summed E-state index contributed by atoms with van der Waals surface area (Å²) in [6.45, 7) is 17.1. The third kappa shape index (κ3) is 15.1. The molecule has 0 fully saturated rings. The molecule has 2 atom stereocenters. The summed E-state index contributed by atoms with van der Waals surface area (Å²) < 4.78 is 10.4. The van der Waals surface area contributed by atoms with Gasteiger partial charge in [0.05, 0.1) is 0 Å². The molecule has 2 radical (unpaired) electrons. The molecule has 0 aromatic rings. The standard InChI is InChI=1S/2C9H18O2.Pb/c2*1-7(5-8(10)11)6-9(2,3)4;/h2*7H,5-6H2,1-4H3,(H,10,11);/q;;+2/p-2. The molecule has 0 heterocycles. The SMILES string of the molecule is CC(CC(=O)[O][Pb][O]C(=O)CC(C)CC(C)(C)C)CC(C)(C)C. The van der Waals surface area contributed by atoms with Crippen molar-refractivity contribution in [1.82, 2.24) is 0 Å². The molecule has 0 aliphatic carbocycles. The summed E-state index contributed by atoms with van der Waals surface area (Å²) in [6, 6.07) is 0. The second-order valence-corrected chi connectivity index (χ2v) is 11.4. The molecule has 5 heteroatoms. The fourth-order valence-corrected chi connectivity index (χ4v) is 4.53. The number of rotatable bonds is 8. The Kier molecular flexibility index (Phi) is 9.93. The Balaban J connectivity index is 3.93. The van der Waals surface area contributed by atoms with Crippen molar-refractivity contribution >= 4 is 37.1 Å². The number of carbonyl (C=O) groups is 2. The van der Waals surface area contributed by atoms with Crippen molar-refractivity contribution < 1.29 is 15.0 Å². The Labute approximate surface area is 155 Å². The van der Waals surface area contributed by atoms with E-state index in [1.54, 1.807) is 0 Å². The van der Waals surface area contributed by atoms with E-state index in [1.807, 2.05) is 0 Å². The van der Waals surface area contributed by atoms with Crippen molar-refractivity contribution in [3.05, 3.63) is 0 Å². The molecule has 0 aliphatic rings. The van der Waals surface area contributed by atoms with Crippen molar-refractivity contribution in [2.45, 2.75) is 81.1 Å². The van der Waals surface area contributed by atoms with Crippen LogP contribution < -0.4 is 0 Å². The zero-order valence-electron chi connectivity index (χ0n) is 16.1. The minimum atomic E-state index is -2.06. The first-order valence-corrected chi connectivity index (χ1v) is 11.6. The first-order valence-electron chi connectivity index (χ1n) is 8.43. The molecule has 0 aromatic carbocycles. The molecule has 0 aromatic heterocycles. The first-order chi connectivity index (χ1) is 10.3. The van der Waals surface area contributed by atoms with Crippen LogP contribution in [0.3, 0.4) is 0 Å². The molecule has 0 saturated carbocycles. The van der Waals surface area contributed by atoms with Gasteiger partial charge in [-0.3, -0.25) is 0 Å². The van der Waals surface area contributed by atoms with Crippen LogP contribution in [0.1, 0.15) is 81.1 Å². The number of hydrogen-bond donors (Lipinski definition) is 0. The summed E-state index contributed by atoms with van der Waals surface area (Å²) >= 11 is -2.06. The van der Waals surface area contributed by atoms with Crippen molar-refractivity contribution in [1.29, 1.82) is 0 Å². The summed E-state index contributed by atoms with van der Waals surface area (Å²) in [7, 11) is 0. The molecule has 0 N–H and O–H groups in total. The van der Waals surface area contributed by atoms with Crippen LogP contribution in [-0.2, 0) is 15.0 Å². The molecule has 4 nitrogen and oxygen atoms in total. The van der Waals surface area contributed by atoms with E-state index in [0.29, 0.717) is 12.8 Å². The Bertz CT molecular complexity index is 343. The summed E-state index contributed by atoms with van der Waals surface area (Å²) in [6.07, 6.45) is 2.75. The van der Waals surface area contributed by atoms with Crippen molar-refractivity contribution in [3.8, 4) is 0 Å². The van der Waals surface area contributed by atoms with Crippen LogP contribution in [0.4, 0.5) is 0 Å². The van der Waals surface area contributed by atoms with Crippen LogP contribution >= 0.6 is 0 Å². The summed E-state index contributed by atoms with van der Waals surface area (Å²) in [4.78, 5) is 23.5. The van der Waals surface area contributed by atoms with Crippen LogP contribution in [0.25, 0.3) is 0 Å². The normalized spacial score (nSPS) is 15.0. The number of carbonyl (C=O) groups excluding carboxylic acids is 2. The zero-order chi connectivity index (χ0) is 18.3. The molecule has 0 saturated heterocycles. The van der Waals surface area contributed by atoms with Gasteiger partial charge in [-0.05, 0) is 0 Å². The monoisotopic (exact) mass is 522 g/mol. The van der Waals surface area contributed by atoms with Gasteiger partial charge in [0.1, 0.15) is 0 Å². The van der Waals surface area contributed by atoms with Gasteiger partial charge in [0.15, 0.2) is 0 Å². The molecule has 0 rings (SSSR count). The molecule has 2 unspecified atom stereocenters. The van der Waals surface area contributed by atoms with Crippen LogP contribution in [0.15, 0.2) is 0 Å². The van der Waals surface area contributed by atoms with Gasteiger partial charge in [-0.25, -0.2) is 0 Å². The average molecular weight is 522 g/mol. The molecule has 0 aliphatic heterocycles. The zero-order valence-corrected chi connectivity index (χ0v) is 20.0. The molecule has 0 spiro atoms. The van der Waals surface area contributed by atoms with Crippen molar-refractivity contribution in [2.75, 3.05) is 0 Å². The third-order valence-corrected chi connectivity index (χ3v) is 5.68. The van der Waals surface area contributed by atoms with E-state index >= 15 is 0 Å². The Morgan fingerprint density at radius 3 is 1.35 bits per heavy atom. The molecule has 23 heavy (non-hydrogen) atoms. The van der Waals surface area contributed by atoms with E-state index in [1.165, 1.54) is 0 Å². The maximum atomic E-state index is 11.8. The van der Waals surface area contributed by atoms with Crippen molar-refractivity contribution in [3.63, 3.8) is 0 Å². The van der Waals surface area contributed by atoms with Crippen LogP contribution in [0, 0.1) is 22.7 Å². The van der Waals surface area contributed by atoms with E-state index in [2.05, 4.69) is 55.4 Å². The Morgan fingerprint density at radius 1 is 0.783 bits per heavy atom. The predicted molar refractivity (Wildman–Crippen MR) is 93.6 cm³/mol. The quantitative estimate of drug-likeness (QED) is 0.441. The van der Waals surface area contributed by atoms with Crippen LogP contribution in [-0.4, -0.2) is 37.1 Å². The molecule has 0 amide bonds. The van der Waals surface area contributed by atoms with Gasteiger partial charge in [-0.2, -0.15) is 0 Å². The van der Waals surface area contributed by atoms with Gasteiger partial charge in [-0.1, -0.05) is 0 Å². The first kappa shape index (κ1) is 22.9. The average Bonchev–Trinajstić information content (AvgIpc) is 2.22. The fraction of sp³-hybridized carbons (Fsp3) is 0.889. The Hall–Kier alpha value is -0.138. The summed E-state index contributed by atoms with van der Waals surface area (Å²) in [5.74, 6) is 0.128. The second-order valence-electron chi connectivity index (χ2n) is 9.18. The minimum absolute atomic E-state index is 0.206. The summed E-state index contributed by atoms with van der Waals surface area (Å²) in [5, 5.41) is 0. The third-order valence-electron chi connectivity index (χ3n) is 3.26. The van der Waals surface area contributed by atoms with Crippen molar-refractivity contribution in [2.24, 2.45) is 22.7 Å². The predicted octanol–water partition coefficient (Wildman–Crippen LogP) is 4.53. The summed E-state index contributed by atoms with van der Waals surface area (Å²) in [5.41, 5.74) is 0.411. The van der Waals surface area contributed by atoms with Gasteiger partial charge in [-0.15, -0.1) is 0 Å². The van der Waals surface area contributed by atoms with Gasteiger partial charge in [0.2, 0.25) is 0 Å². The number of hydrogen-bond acceptors (Lipinski definition) is 4.